The summed E-state index contributed by atoms with van der Waals surface area (Å²) in [6, 6.07) is 0. The number of piperazine rings is 1. The van der Waals surface area contributed by atoms with Crippen LogP contribution in [0.4, 0.5) is 0 Å². The van der Waals surface area contributed by atoms with Gasteiger partial charge in [-0.05, 0) is 0 Å². The Bertz CT molecular complexity index is 267. The van der Waals surface area contributed by atoms with Crippen molar-refractivity contribution in [1.82, 2.24) is 10.2 Å². The Balaban J connectivity index is 0.00000225. The topological polar surface area (TPSA) is 78.9 Å². The summed E-state index contributed by atoms with van der Waals surface area (Å²) in [5, 5.41) is 11.7. The average molecular weight is 262 g/mol. The summed E-state index contributed by atoms with van der Waals surface area (Å²) in [6.07, 6.45) is 0. The van der Waals surface area contributed by atoms with Crippen LogP contribution in [0.5, 0.6) is 0 Å². The van der Waals surface area contributed by atoms with Crippen molar-refractivity contribution in [2.75, 3.05) is 51.7 Å². The average Bonchev–Trinajstić information content (AvgIpc) is 2.19. The molecule has 0 unspecified atom stereocenters. The molecule has 1 aliphatic heterocycles. The molecule has 1 fully saturated rings. The number of rotatable bonds is 6. The molecule has 0 spiro atoms. The van der Waals surface area contributed by atoms with Crippen molar-refractivity contribution >= 4 is 39.7 Å². The van der Waals surface area contributed by atoms with Crippen LogP contribution in [0.1, 0.15) is 0 Å². The Morgan fingerprint density at radius 1 is 1.31 bits per heavy atom. The molecule has 16 heavy (non-hydrogen) atoms. The van der Waals surface area contributed by atoms with Crippen LogP contribution < -0.4 is 5.32 Å². The molecule has 0 aromatic carbocycles. The van der Waals surface area contributed by atoms with E-state index in [2.05, 4.69) is 10.2 Å². The van der Waals surface area contributed by atoms with Crippen molar-refractivity contribution in [2.45, 2.75) is 0 Å². The Labute approximate surface area is 119 Å². The van der Waals surface area contributed by atoms with Crippen molar-refractivity contribution in [2.24, 2.45) is 0 Å². The van der Waals surface area contributed by atoms with E-state index in [-0.39, 0.29) is 41.9 Å². The van der Waals surface area contributed by atoms with Crippen LogP contribution >= 0.6 is 0 Å². The van der Waals surface area contributed by atoms with E-state index >= 15 is 0 Å². The molecular formula is C8H19N2NaO4S. The zero-order valence-corrected chi connectivity index (χ0v) is 9.50. The van der Waals surface area contributed by atoms with Gasteiger partial charge in [0.1, 0.15) is 0 Å². The van der Waals surface area contributed by atoms with Gasteiger partial charge in [0.05, 0.1) is 19.0 Å². The molecule has 1 aliphatic rings. The van der Waals surface area contributed by atoms with Gasteiger partial charge in [-0.2, -0.15) is 8.42 Å². The molecule has 2 N–H and O–H groups in total. The predicted molar refractivity (Wildman–Crippen MR) is 63.3 cm³/mol. The molecule has 0 aromatic heterocycles. The molecule has 0 bridgehead atoms. The first-order valence-electron chi connectivity index (χ1n) is 5.05. The molecule has 1 rings (SSSR count). The van der Waals surface area contributed by atoms with Gasteiger partial charge in [0, 0.05) is 32.7 Å². The molecule has 0 aliphatic carbocycles. The number of hydrogen-bond acceptors (Lipinski definition) is 6. The van der Waals surface area contributed by atoms with Gasteiger partial charge in [0.2, 0.25) is 0 Å². The van der Waals surface area contributed by atoms with Crippen LogP contribution in [-0.4, -0.2) is 99.7 Å². The van der Waals surface area contributed by atoms with E-state index in [0.717, 1.165) is 26.2 Å². The third-order valence-electron chi connectivity index (χ3n) is 2.22. The van der Waals surface area contributed by atoms with E-state index in [9.17, 15) is 8.42 Å². The summed E-state index contributed by atoms with van der Waals surface area (Å²) in [5.74, 6) is -0.325. The third-order valence-corrected chi connectivity index (χ3v) is 3.43. The molecule has 0 amide bonds. The van der Waals surface area contributed by atoms with Crippen LogP contribution in [0.25, 0.3) is 0 Å². The summed E-state index contributed by atoms with van der Waals surface area (Å²) >= 11 is 0. The maximum atomic E-state index is 11.1. The normalized spacial score (nSPS) is 18.1. The first-order valence-corrected chi connectivity index (χ1v) is 6.63. The molecule has 0 aromatic rings. The van der Waals surface area contributed by atoms with Crippen LogP contribution in [0.3, 0.4) is 0 Å². The molecule has 6 nitrogen and oxygen atoms in total. The fourth-order valence-electron chi connectivity index (χ4n) is 1.40. The Morgan fingerprint density at radius 3 is 2.50 bits per heavy atom. The van der Waals surface area contributed by atoms with Crippen LogP contribution in [-0.2, 0) is 14.3 Å². The summed E-state index contributed by atoms with van der Waals surface area (Å²) in [5.41, 5.74) is 0. The van der Waals surface area contributed by atoms with Gasteiger partial charge in [-0.1, -0.05) is 0 Å². The van der Waals surface area contributed by atoms with Crippen molar-refractivity contribution < 1.29 is 17.7 Å². The van der Waals surface area contributed by atoms with Gasteiger partial charge >= 0.3 is 29.6 Å². The number of nitrogens with zero attached hydrogens (tertiary/aromatic N) is 1. The van der Waals surface area contributed by atoms with Crippen molar-refractivity contribution in [3.8, 4) is 0 Å². The Hall–Kier alpha value is 0.790. The van der Waals surface area contributed by atoms with Gasteiger partial charge in [0.15, 0.2) is 0 Å². The van der Waals surface area contributed by atoms with Gasteiger partial charge in [0.25, 0.3) is 10.1 Å². The molecule has 0 radical (unpaired) electrons. The van der Waals surface area contributed by atoms with E-state index in [0.29, 0.717) is 6.54 Å². The third kappa shape index (κ3) is 7.18. The predicted octanol–water partition coefficient (Wildman–Crippen LogP) is -2.42. The standard InChI is InChI=1S/C8H18N2O4S.Na.H/c11-6-8-15(12,13)14-7-5-10-3-1-9-2-4-10;;/h9,11H,1-8H2;;. The molecule has 8 heteroatoms. The van der Waals surface area contributed by atoms with E-state index in [1.165, 1.54) is 0 Å². The Morgan fingerprint density at radius 2 is 1.94 bits per heavy atom. The second-order valence-corrected chi connectivity index (χ2v) is 5.16. The second-order valence-electron chi connectivity index (χ2n) is 3.40. The number of nitrogens with one attached hydrogen (secondary N) is 1. The monoisotopic (exact) mass is 262 g/mol. The van der Waals surface area contributed by atoms with Gasteiger partial charge in [-0.3, -0.25) is 9.08 Å². The quantitative estimate of drug-likeness (QED) is 0.410. The number of hydrogen-bond donors (Lipinski definition) is 2. The van der Waals surface area contributed by atoms with Gasteiger partial charge in [-0.15, -0.1) is 0 Å². The molecule has 0 atom stereocenters. The Kier molecular flexibility index (Phi) is 9.25. The SMILES string of the molecule is O=S(=O)(CCO)OCCN1CCNCC1.[NaH]. The first-order chi connectivity index (χ1) is 7.14. The first kappa shape index (κ1) is 16.8. The van der Waals surface area contributed by atoms with E-state index in [4.69, 9.17) is 9.29 Å². The zero-order valence-electron chi connectivity index (χ0n) is 8.68. The van der Waals surface area contributed by atoms with Crippen molar-refractivity contribution in [1.29, 1.82) is 0 Å². The number of aliphatic hydroxyl groups excluding tert-OH is 1. The van der Waals surface area contributed by atoms with Gasteiger partial charge in [-0.25, -0.2) is 0 Å². The van der Waals surface area contributed by atoms with Crippen LogP contribution in [0.15, 0.2) is 0 Å². The minimum absolute atomic E-state index is 0. The summed E-state index contributed by atoms with van der Waals surface area (Å²) in [6.45, 7) is 4.10. The molecular weight excluding hydrogens is 243 g/mol. The minimum atomic E-state index is -3.52. The maximum absolute atomic E-state index is 11.1. The zero-order chi connectivity index (χ0) is 11.1. The molecule has 1 saturated heterocycles. The van der Waals surface area contributed by atoms with E-state index in [1.54, 1.807) is 0 Å². The van der Waals surface area contributed by atoms with Gasteiger partial charge < -0.3 is 10.4 Å². The summed E-state index contributed by atoms with van der Waals surface area (Å²) in [7, 11) is -3.52. The summed E-state index contributed by atoms with van der Waals surface area (Å²) < 4.78 is 26.8. The van der Waals surface area contributed by atoms with Crippen LogP contribution in [0, 0.1) is 0 Å². The fraction of sp³-hybridized carbons (Fsp3) is 1.00. The van der Waals surface area contributed by atoms with Crippen molar-refractivity contribution in [3.63, 3.8) is 0 Å². The van der Waals surface area contributed by atoms with E-state index < -0.39 is 16.7 Å². The molecule has 1 heterocycles. The van der Waals surface area contributed by atoms with Crippen molar-refractivity contribution in [3.05, 3.63) is 0 Å². The summed E-state index contributed by atoms with van der Waals surface area (Å²) in [4.78, 5) is 2.14. The molecule has 92 valence electrons. The number of aliphatic hydroxyl groups is 1. The molecule has 0 saturated carbocycles. The van der Waals surface area contributed by atoms with E-state index in [1.807, 2.05) is 0 Å². The fourth-order valence-corrected chi connectivity index (χ4v) is 2.07. The van der Waals surface area contributed by atoms with Crippen LogP contribution in [0.2, 0.25) is 0 Å². The second kappa shape index (κ2) is 8.82.